The van der Waals surface area contributed by atoms with Crippen LogP contribution in [0.3, 0.4) is 0 Å². The number of aromatic nitrogens is 4. The van der Waals surface area contributed by atoms with E-state index in [-0.39, 0.29) is 17.7 Å². The first kappa shape index (κ1) is 24.9. The first-order valence-electron chi connectivity index (χ1n) is 11.5. The van der Waals surface area contributed by atoms with Gasteiger partial charge in [0.05, 0.1) is 29.9 Å². The van der Waals surface area contributed by atoms with E-state index in [9.17, 15) is 13.9 Å². The van der Waals surface area contributed by atoms with Crippen molar-refractivity contribution in [2.75, 3.05) is 0 Å². The summed E-state index contributed by atoms with van der Waals surface area (Å²) in [6.45, 7) is 3.74. The molecule has 1 N–H and O–H groups in total. The van der Waals surface area contributed by atoms with Crippen LogP contribution in [0, 0.1) is 11.6 Å². The molecule has 7 heteroatoms. The third kappa shape index (κ3) is 6.25. The van der Waals surface area contributed by atoms with Gasteiger partial charge in [-0.1, -0.05) is 36.4 Å². The maximum absolute atomic E-state index is 12.9. The second-order valence-electron chi connectivity index (χ2n) is 8.32. The van der Waals surface area contributed by atoms with E-state index < -0.39 is 6.10 Å². The smallest absolute Gasteiger partial charge is 0.123 e. The molecule has 0 spiro atoms. The van der Waals surface area contributed by atoms with Crippen molar-refractivity contribution in [3.63, 3.8) is 0 Å². The molecule has 3 aromatic heterocycles. The van der Waals surface area contributed by atoms with Crippen LogP contribution in [0.1, 0.15) is 37.4 Å². The highest BCUT2D eigenvalue weighted by Gasteiger charge is 2.09. The lowest BCUT2D eigenvalue weighted by Gasteiger charge is -2.12. The average molecular weight is 485 g/mol. The number of halogens is 2. The molecule has 0 saturated carbocycles. The fourth-order valence-electron chi connectivity index (χ4n) is 3.58. The summed E-state index contributed by atoms with van der Waals surface area (Å²) in [6.07, 6.45) is 8.37. The van der Waals surface area contributed by atoms with Crippen LogP contribution in [0.25, 0.3) is 22.3 Å². The number of rotatable bonds is 5. The van der Waals surface area contributed by atoms with Crippen molar-refractivity contribution in [1.82, 2.24) is 19.5 Å². The number of aliphatic hydroxyl groups excluding tert-OH is 1. The summed E-state index contributed by atoms with van der Waals surface area (Å²) in [7, 11) is 0. The quantitative estimate of drug-likeness (QED) is 0.304. The van der Waals surface area contributed by atoms with Gasteiger partial charge < -0.3 is 9.67 Å². The van der Waals surface area contributed by atoms with Gasteiger partial charge >= 0.3 is 0 Å². The number of hydrogen-bond acceptors (Lipinski definition) is 4. The van der Waals surface area contributed by atoms with Gasteiger partial charge in [0, 0.05) is 35.9 Å². The van der Waals surface area contributed by atoms with Gasteiger partial charge in [0.2, 0.25) is 0 Å². The molecule has 0 amide bonds. The van der Waals surface area contributed by atoms with Gasteiger partial charge in [-0.25, -0.2) is 13.8 Å². The van der Waals surface area contributed by atoms with Crippen molar-refractivity contribution in [3.05, 3.63) is 127 Å². The standard InChI is InChI=1S/C16H14FN3.C13H12FNO/c1-12(20-9-8-18-11-20)16-7-4-14(10-19-16)13-2-5-15(17)6-3-13;1-9(16)13-7-4-11(8-15-13)10-2-5-12(14)6-3-10/h2-12H,1H3;2-9,16H,1H3. The van der Waals surface area contributed by atoms with Crippen LogP contribution in [0.4, 0.5) is 8.78 Å². The van der Waals surface area contributed by atoms with Gasteiger partial charge in [-0.3, -0.25) is 9.97 Å². The summed E-state index contributed by atoms with van der Waals surface area (Å²) < 4.78 is 27.6. The van der Waals surface area contributed by atoms with Gasteiger partial charge in [-0.15, -0.1) is 0 Å². The fraction of sp³-hybridized carbons (Fsp3) is 0.138. The third-order valence-corrected chi connectivity index (χ3v) is 5.76. The average Bonchev–Trinajstić information content (AvgIpc) is 3.45. The molecule has 0 fully saturated rings. The van der Waals surface area contributed by atoms with Gasteiger partial charge in [-0.05, 0) is 61.4 Å². The number of benzene rings is 2. The number of nitrogens with zero attached hydrogens (tertiary/aromatic N) is 4. The van der Waals surface area contributed by atoms with E-state index in [1.54, 1.807) is 56.0 Å². The zero-order valence-corrected chi connectivity index (χ0v) is 20.0. The van der Waals surface area contributed by atoms with Crippen LogP contribution in [-0.2, 0) is 0 Å². The van der Waals surface area contributed by atoms with Gasteiger partial charge in [0.1, 0.15) is 11.6 Å². The Morgan fingerprint density at radius 3 is 1.53 bits per heavy atom. The summed E-state index contributed by atoms with van der Waals surface area (Å²) in [6, 6.07) is 20.4. The maximum atomic E-state index is 12.9. The second-order valence-corrected chi connectivity index (χ2v) is 8.32. The molecule has 3 heterocycles. The zero-order chi connectivity index (χ0) is 25.5. The first-order valence-corrected chi connectivity index (χ1v) is 11.5. The molecule has 0 saturated heterocycles. The molecule has 0 aliphatic rings. The van der Waals surface area contributed by atoms with E-state index >= 15 is 0 Å². The number of aliphatic hydroxyl groups is 1. The Kier molecular flexibility index (Phi) is 7.92. The molecule has 2 aromatic carbocycles. The summed E-state index contributed by atoms with van der Waals surface area (Å²) in [5, 5.41) is 9.31. The maximum Gasteiger partial charge on any atom is 0.123 e. The molecule has 2 atom stereocenters. The predicted octanol–water partition coefficient (Wildman–Crippen LogP) is 6.63. The number of hydrogen-bond donors (Lipinski definition) is 1. The van der Waals surface area contributed by atoms with Crippen LogP contribution in [-0.4, -0.2) is 24.6 Å². The lowest BCUT2D eigenvalue weighted by Crippen LogP contribution is -2.06. The fourth-order valence-corrected chi connectivity index (χ4v) is 3.58. The number of imidazole rings is 1. The summed E-state index contributed by atoms with van der Waals surface area (Å²) in [4.78, 5) is 12.7. The van der Waals surface area contributed by atoms with E-state index in [1.165, 1.54) is 24.3 Å². The van der Waals surface area contributed by atoms with E-state index in [4.69, 9.17) is 0 Å². The molecule has 0 aliphatic carbocycles. The van der Waals surface area contributed by atoms with Crippen molar-refractivity contribution in [1.29, 1.82) is 0 Å². The predicted molar refractivity (Wildman–Crippen MR) is 136 cm³/mol. The van der Waals surface area contributed by atoms with E-state index in [0.717, 1.165) is 27.9 Å². The van der Waals surface area contributed by atoms with Crippen molar-refractivity contribution >= 4 is 0 Å². The van der Waals surface area contributed by atoms with Crippen molar-refractivity contribution in [2.24, 2.45) is 0 Å². The zero-order valence-electron chi connectivity index (χ0n) is 20.0. The molecule has 5 aromatic rings. The first-order chi connectivity index (χ1) is 17.4. The van der Waals surface area contributed by atoms with Crippen LogP contribution in [0.5, 0.6) is 0 Å². The van der Waals surface area contributed by atoms with Gasteiger partial charge in [0.15, 0.2) is 0 Å². The van der Waals surface area contributed by atoms with E-state index in [1.807, 2.05) is 35.2 Å². The second kappa shape index (κ2) is 11.5. The van der Waals surface area contributed by atoms with Crippen LogP contribution < -0.4 is 0 Å². The monoisotopic (exact) mass is 484 g/mol. The van der Waals surface area contributed by atoms with Crippen LogP contribution in [0.2, 0.25) is 0 Å². The largest absolute Gasteiger partial charge is 0.387 e. The van der Waals surface area contributed by atoms with Crippen LogP contribution in [0.15, 0.2) is 104 Å². The minimum atomic E-state index is -0.567. The molecule has 36 heavy (non-hydrogen) atoms. The molecule has 0 aliphatic heterocycles. The third-order valence-electron chi connectivity index (χ3n) is 5.76. The summed E-state index contributed by atoms with van der Waals surface area (Å²) >= 11 is 0. The Hall–Kier alpha value is -4.23. The molecular formula is C29H26F2N4O. The highest BCUT2D eigenvalue weighted by Crippen LogP contribution is 2.22. The Morgan fingerprint density at radius 2 is 1.14 bits per heavy atom. The molecule has 5 rings (SSSR count). The minimum Gasteiger partial charge on any atom is -0.387 e. The molecular weight excluding hydrogens is 458 g/mol. The molecule has 0 radical (unpaired) electrons. The molecule has 0 bridgehead atoms. The molecule has 182 valence electrons. The normalized spacial score (nSPS) is 12.4. The SMILES string of the molecule is CC(O)c1ccc(-c2ccc(F)cc2)cn1.CC(c1ccc(-c2ccc(F)cc2)cn1)n1ccnc1. The van der Waals surface area contributed by atoms with Crippen molar-refractivity contribution in [2.45, 2.75) is 26.0 Å². The Balaban J connectivity index is 0.000000174. The topological polar surface area (TPSA) is 63.8 Å². The van der Waals surface area contributed by atoms with Crippen LogP contribution >= 0.6 is 0 Å². The lowest BCUT2D eigenvalue weighted by molar-refractivity contribution is 0.194. The Morgan fingerprint density at radius 1 is 0.667 bits per heavy atom. The Labute approximate surface area is 208 Å². The highest BCUT2D eigenvalue weighted by atomic mass is 19.1. The van der Waals surface area contributed by atoms with Crippen molar-refractivity contribution < 1.29 is 13.9 Å². The Bertz CT molecular complexity index is 1350. The van der Waals surface area contributed by atoms with Gasteiger partial charge in [0.25, 0.3) is 0 Å². The summed E-state index contributed by atoms with van der Waals surface area (Å²) in [5.74, 6) is -0.482. The highest BCUT2D eigenvalue weighted by molar-refractivity contribution is 5.63. The summed E-state index contributed by atoms with van der Waals surface area (Å²) in [5.41, 5.74) is 5.35. The number of pyridine rings is 2. The molecule has 5 nitrogen and oxygen atoms in total. The lowest BCUT2D eigenvalue weighted by atomic mass is 10.1. The minimum absolute atomic E-state index is 0.139. The molecule has 2 unspecified atom stereocenters. The van der Waals surface area contributed by atoms with E-state index in [0.29, 0.717) is 5.69 Å². The van der Waals surface area contributed by atoms with E-state index in [2.05, 4.69) is 21.9 Å². The van der Waals surface area contributed by atoms with Crippen molar-refractivity contribution in [3.8, 4) is 22.3 Å². The van der Waals surface area contributed by atoms with Gasteiger partial charge in [-0.2, -0.15) is 0 Å².